The molecule has 7 heteroatoms. The van der Waals surface area contributed by atoms with Gasteiger partial charge in [-0.3, -0.25) is 10.1 Å². The highest BCUT2D eigenvalue weighted by Gasteiger charge is 2.26. The number of hydrogen-bond donors (Lipinski definition) is 1. The highest BCUT2D eigenvalue weighted by atomic mass is 16.6. The van der Waals surface area contributed by atoms with Gasteiger partial charge in [-0.15, -0.1) is 0 Å². The number of hydrogen-bond acceptors (Lipinski definition) is 5. The standard InChI is InChI=1S/C19H18N4O3/c1-26-14-6-4-5-13(11-14)12-16-15-9-10-20-19(15)22(21-16)17-7-2-3-8-18(17)23(24)25/h2-8,11,20H,9-10,12H2,1H3. The average Bonchev–Trinajstić information content (AvgIpc) is 3.26. The summed E-state index contributed by atoms with van der Waals surface area (Å²) in [5, 5.41) is 19.4. The third-order valence-corrected chi connectivity index (χ3v) is 4.55. The Hall–Kier alpha value is -3.35. The van der Waals surface area contributed by atoms with Crippen LogP contribution in [0.15, 0.2) is 48.5 Å². The van der Waals surface area contributed by atoms with E-state index in [2.05, 4.69) is 5.32 Å². The lowest BCUT2D eigenvalue weighted by atomic mass is 10.1. The van der Waals surface area contributed by atoms with Crippen molar-refractivity contribution < 1.29 is 9.66 Å². The number of ether oxygens (including phenoxy) is 1. The molecule has 0 spiro atoms. The number of anilines is 1. The van der Waals surface area contributed by atoms with E-state index in [1.165, 1.54) is 6.07 Å². The van der Waals surface area contributed by atoms with Gasteiger partial charge in [0, 0.05) is 24.6 Å². The zero-order valence-electron chi connectivity index (χ0n) is 14.3. The van der Waals surface area contributed by atoms with Crippen LogP contribution < -0.4 is 10.1 Å². The summed E-state index contributed by atoms with van der Waals surface area (Å²) in [4.78, 5) is 11.0. The molecule has 1 aliphatic rings. The Labute approximate surface area is 150 Å². The molecular weight excluding hydrogens is 332 g/mol. The van der Waals surface area contributed by atoms with Gasteiger partial charge in [0.15, 0.2) is 0 Å². The molecule has 2 heterocycles. The number of nitrogens with zero attached hydrogens (tertiary/aromatic N) is 3. The summed E-state index contributed by atoms with van der Waals surface area (Å²) < 4.78 is 6.95. The van der Waals surface area contributed by atoms with Crippen molar-refractivity contribution >= 4 is 11.5 Å². The molecule has 0 atom stereocenters. The number of rotatable bonds is 5. The second-order valence-electron chi connectivity index (χ2n) is 6.14. The SMILES string of the molecule is COc1cccc(Cc2nn(-c3ccccc3[N+](=O)[O-])c3c2CCN3)c1. The molecule has 1 aliphatic heterocycles. The second kappa shape index (κ2) is 6.51. The van der Waals surface area contributed by atoms with Crippen LogP contribution in [0, 0.1) is 10.1 Å². The third kappa shape index (κ3) is 2.77. The van der Waals surface area contributed by atoms with Gasteiger partial charge in [-0.2, -0.15) is 5.10 Å². The molecule has 1 aromatic heterocycles. The van der Waals surface area contributed by atoms with Crippen LogP contribution in [0.1, 0.15) is 16.8 Å². The van der Waals surface area contributed by atoms with Crippen molar-refractivity contribution in [1.82, 2.24) is 9.78 Å². The van der Waals surface area contributed by atoms with Crippen LogP contribution >= 0.6 is 0 Å². The summed E-state index contributed by atoms with van der Waals surface area (Å²) in [6, 6.07) is 14.5. The van der Waals surface area contributed by atoms with Crippen molar-refractivity contribution in [3.05, 3.63) is 75.5 Å². The summed E-state index contributed by atoms with van der Waals surface area (Å²) in [5.74, 6) is 1.65. The van der Waals surface area contributed by atoms with E-state index < -0.39 is 0 Å². The number of nitro benzene ring substituents is 1. The van der Waals surface area contributed by atoms with Crippen LogP contribution in [0.3, 0.4) is 0 Å². The van der Waals surface area contributed by atoms with Gasteiger partial charge in [-0.25, -0.2) is 4.68 Å². The Morgan fingerprint density at radius 1 is 1.27 bits per heavy atom. The van der Waals surface area contributed by atoms with Gasteiger partial charge in [-0.1, -0.05) is 24.3 Å². The van der Waals surface area contributed by atoms with E-state index in [0.717, 1.165) is 41.4 Å². The molecule has 4 rings (SSSR count). The molecule has 0 radical (unpaired) electrons. The Kier molecular flexibility index (Phi) is 4.04. The van der Waals surface area contributed by atoms with Gasteiger partial charge >= 0.3 is 0 Å². The smallest absolute Gasteiger partial charge is 0.294 e. The summed E-state index contributed by atoms with van der Waals surface area (Å²) in [6.45, 7) is 0.804. The van der Waals surface area contributed by atoms with Crippen molar-refractivity contribution in [1.29, 1.82) is 0 Å². The number of methoxy groups -OCH3 is 1. The monoisotopic (exact) mass is 350 g/mol. The van der Waals surface area contributed by atoms with Crippen molar-refractivity contribution in [3.8, 4) is 11.4 Å². The number of para-hydroxylation sites is 2. The Morgan fingerprint density at radius 3 is 2.92 bits per heavy atom. The number of fused-ring (bicyclic) bond motifs is 1. The first-order valence-corrected chi connectivity index (χ1v) is 8.38. The predicted molar refractivity (Wildman–Crippen MR) is 98.2 cm³/mol. The highest BCUT2D eigenvalue weighted by molar-refractivity contribution is 5.62. The van der Waals surface area contributed by atoms with Crippen LogP contribution in [-0.4, -0.2) is 28.4 Å². The van der Waals surface area contributed by atoms with E-state index in [-0.39, 0.29) is 10.6 Å². The largest absolute Gasteiger partial charge is 0.497 e. The first-order valence-electron chi connectivity index (χ1n) is 8.38. The lowest BCUT2D eigenvalue weighted by Crippen LogP contribution is -2.07. The van der Waals surface area contributed by atoms with E-state index in [0.29, 0.717) is 12.1 Å². The first kappa shape index (κ1) is 16.1. The number of nitrogens with one attached hydrogen (secondary N) is 1. The Balaban J connectivity index is 1.78. The summed E-state index contributed by atoms with van der Waals surface area (Å²) >= 11 is 0. The minimum atomic E-state index is -0.375. The van der Waals surface area contributed by atoms with Gasteiger partial charge in [0.1, 0.15) is 17.3 Å². The highest BCUT2D eigenvalue weighted by Crippen LogP contribution is 2.33. The summed E-state index contributed by atoms with van der Waals surface area (Å²) in [5.41, 5.74) is 3.65. The molecule has 132 valence electrons. The maximum Gasteiger partial charge on any atom is 0.294 e. The molecular formula is C19H18N4O3. The minimum absolute atomic E-state index is 0.0411. The van der Waals surface area contributed by atoms with E-state index in [1.807, 2.05) is 24.3 Å². The fourth-order valence-corrected chi connectivity index (χ4v) is 3.34. The normalized spacial score (nSPS) is 12.5. The average molecular weight is 350 g/mol. The summed E-state index contributed by atoms with van der Waals surface area (Å²) in [7, 11) is 1.64. The molecule has 1 N–H and O–H groups in total. The Bertz CT molecular complexity index is 981. The van der Waals surface area contributed by atoms with Gasteiger partial charge in [0.25, 0.3) is 5.69 Å². The second-order valence-corrected chi connectivity index (χ2v) is 6.14. The zero-order chi connectivity index (χ0) is 18.1. The minimum Gasteiger partial charge on any atom is -0.497 e. The molecule has 0 amide bonds. The molecule has 2 aromatic carbocycles. The number of aromatic nitrogens is 2. The van der Waals surface area contributed by atoms with Gasteiger partial charge in [0.2, 0.25) is 0 Å². The topological polar surface area (TPSA) is 82.2 Å². The predicted octanol–water partition coefficient (Wildman–Crippen LogP) is 3.35. The van der Waals surface area contributed by atoms with E-state index in [4.69, 9.17) is 9.84 Å². The maximum atomic E-state index is 11.4. The molecule has 0 aliphatic carbocycles. The van der Waals surface area contributed by atoms with Crippen LogP contribution in [0.5, 0.6) is 5.75 Å². The van der Waals surface area contributed by atoms with Gasteiger partial charge in [-0.05, 0) is 30.2 Å². The van der Waals surface area contributed by atoms with E-state index in [1.54, 1.807) is 30.0 Å². The molecule has 26 heavy (non-hydrogen) atoms. The van der Waals surface area contributed by atoms with Crippen molar-refractivity contribution in [2.45, 2.75) is 12.8 Å². The maximum absolute atomic E-state index is 11.4. The molecule has 0 bridgehead atoms. The number of benzene rings is 2. The molecule has 0 saturated heterocycles. The van der Waals surface area contributed by atoms with Crippen LogP contribution in [0.2, 0.25) is 0 Å². The lowest BCUT2D eigenvalue weighted by molar-refractivity contribution is -0.384. The van der Waals surface area contributed by atoms with Crippen molar-refractivity contribution in [2.75, 3.05) is 19.0 Å². The Morgan fingerprint density at radius 2 is 2.12 bits per heavy atom. The third-order valence-electron chi connectivity index (χ3n) is 4.55. The summed E-state index contributed by atoms with van der Waals surface area (Å²) in [6.07, 6.45) is 1.50. The van der Waals surface area contributed by atoms with Gasteiger partial charge in [0.05, 0.1) is 17.7 Å². The zero-order valence-corrected chi connectivity index (χ0v) is 14.3. The van der Waals surface area contributed by atoms with E-state index >= 15 is 0 Å². The quantitative estimate of drug-likeness (QED) is 0.564. The van der Waals surface area contributed by atoms with Crippen molar-refractivity contribution in [3.63, 3.8) is 0 Å². The van der Waals surface area contributed by atoms with Crippen LogP contribution in [0.4, 0.5) is 11.5 Å². The van der Waals surface area contributed by atoms with E-state index in [9.17, 15) is 10.1 Å². The fourth-order valence-electron chi connectivity index (χ4n) is 3.34. The molecule has 3 aromatic rings. The van der Waals surface area contributed by atoms with Gasteiger partial charge < -0.3 is 10.1 Å². The first-order chi connectivity index (χ1) is 12.7. The number of nitro groups is 1. The van der Waals surface area contributed by atoms with Crippen molar-refractivity contribution in [2.24, 2.45) is 0 Å². The molecule has 0 fully saturated rings. The fraction of sp³-hybridized carbons (Fsp3) is 0.211. The van der Waals surface area contributed by atoms with Crippen LogP contribution in [-0.2, 0) is 12.8 Å². The van der Waals surface area contributed by atoms with Crippen LogP contribution in [0.25, 0.3) is 5.69 Å². The molecule has 7 nitrogen and oxygen atoms in total. The molecule has 0 saturated carbocycles. The lowest BCUT2D eigenvalue weighted by Gasteiger charge is -2.07. The molecule has 0 unspecified atom stereocenters.